The number of rotatable bonds is 6. The molecule has 0 unspecified atom stereocenters. The number of thiazole rings is 1. The first kappa shape index (κ1) is 21.8. The van der Waals surface area contributed by atoms with Crippen LogP contribution in [0.25, 0.3) is 11.3 Å². The third-order valence-electron chi connectivity index (χ3n) is 5.35. The maximum Gasteiger partial charge on any atom is 0.294 e. The number of nitro groups is 1. The van der Waals surface area contributed by atoms with Gasteiger partial charge in [-0.25, -0.2) is 4.99 Å². The fourth-order valence-corrected chi connectivity index (χ4v) is 4.97. The Morgan fingerprint density at radius 1 is 1.13 bits per heavy atom. The molecule has 3 aromatic rings. The van der Waals surface area contributed by atoms with Crippen LogP contribution >= 0.6 is 34.5 Å². The Labute approximate surface area is 194 Å². The molecule has 0 aliphatic heterocycles. The van der Waals surface area contributed by atoms with Crippen LogP contribution in [0.1, 0.15) is 32.1 Å². The van der Waals surface area contributed by atoms with Gasteiger partial charge in [-0.1, -0.05) is 53.1 Å². The van der Waals surface area contributed by atoms with Crippen molar-refractivity contribution in [2.24, 2.45) is 4.99 Å². The first-order valence-electron chi connectivity index (χ1n) is 10.1. The fourth-order valence-electron chi connectivity index (χ4n) is 3.72. The molecule has 0 spiro atoms. The van der Waals surface area contributed by atoms with Gasteiger partial charge in [0.2, 0.25) is 0 Å². The summed E-state index contributed by atoms with van der Waals surface area (Å²) in [4.78, 5) is 16.4. The topological polar surface area (TPSA) is 60.4 Å². The summed E-state index contributed by atoms with van der Waals surface area (Å²) in [5.41, 5.74) is 3.71. The molecule has 0 N–H and O–H groups in total. The van der Waals surface area contributed by atoms with Crippen molar-refractivity contribution in [1.29, 1.82) is 0 Å². The standard InChI is InChI=1S/C23H21Cl2N3O2S/c24-18-11-10-17(14-19(18)25)22-15-31-23(26-20-8-4-5-9-21(20)28(29)30)27(22)13-12-16-6-2-1-3-7-16/h4-6,8-11,14-15H,1-3,7,12-13H2. The van der Waals surface area contributed by atoms with Crippen LogP contribution in [-0.2, 0) is 6.54 Å². The van der Waals surface area contributed by atoms with Crippen molar-refractivity contribution < 1.29 is 4.92 Å². The van der Waals surface area contributed by atoms with Crippen molar-refractivity contribution in [3.05, 3.63) is 84.5 Å². The second-order valence-corrected chi connectivity index (χ2v) is 9.05. The van der Waals surface area contributed by atoms with E-state index in [9.17, 15) is 10.1 Å². The Morgan fingerprint density at radius 3 is 2.71 bits per heavy atom. The molecule has 4 rings (SSSR count). The zero-order valence-electron chi connectivity index (χ0n) is 16.8. The van der Waals surface area contributed by atoms with Gasteiger partial charge in [-0.05, 0) is 50.3 Å². The molecule has 31 heavy (non-hydrogen) atoms. The monoisotopic (exact) mass is 473 g/mol. The lowest BCUT2D eigenvalue weighted by Gasteiger charge is -2.15. The lowest BCUT2D eigenvalue weighted by Crippen LogP contribution is -2.17. The van der Waals surface area contributed by atoms with Gasteiger partial charge in [0.1, 0.15) is 5.69 Å². The molecule has 0 fully saturated rings. The molecule has 8 heteroatoms. The van der Waals surface area contributed by atoms with E-state index in [2.05, 4.69) is 15.6 Å². The number of hydrogen-bond acceptors (Lipinski definition) is 4. The molecule has 1 aliphatic rings. The van der Waals surface area contributed by atoms with Gasteiger partial charge in [-0.2, -0.15) is 0 Å². The van der Waals surface area contributed by atoms with Crippen molar-refractivity contribution >= 4 is 45.9 Å². The number of para-hydroxylation sites is 2. The van der Waals surface area contributed by atoms with E-state index < -0.39 is 4.92 Å². The van der Waals surface area contributed by atoms with Gasteiger partial charge < -0.3 is 4.57 Å². The van der Waals surface area contributed by atoms with Crippen molar-refractivity contribution in [2.45, 2.75) is 38.6 Å². The van der Waals surface area contributed by atoms with E-state index in [-0.39, 0.29) is 5.69 Å². The molecule has 2 aromatic carbocycles. The number of benzene rings is 2. The smallest absolute Gasteiger partial charge is 0.294 e. The van der Waals surface area contributed by atoms with Crippen LogP contribution in [-0.4, -0.2) is 9.49 Å². The van der Waals surface area contributed by atoms with E-state index in [1.807, 2.05) is 17.5 Å². The van der Waals surface area contributed by atoms with Crippen molar-refractivity contribution in [2.75, 3.05) is 0 Å². The van der Waals surface area contributed by atoms with Crippen LogP contribution in [0.2, 0.25) is 10.0 Å². The number of halogens is 2. The average molecular weight is 474 g/mol. The number of nitrogens with zero attached hydrogens (tertiary/aromatic N) is 3. The summed E-state index contributed by atoms with van der Waals surface area (Å²) < 4.78 is 2.12. The Bertz CT molecular complexity index is 1210. The minimum atomic E-state index is -0.399. The number of allylic oxidation sites excluding steroid dienone is 2. The molecule has 0 bridgehead atoms. The highest BCUT2D eigenvalue weighted by molar-refractivity contribution is 7.07. The molecular weight excluding hydrogens is 453 g/mol. The molecule has 5 nitrogen and oxygen atoms in total. The Morgan fingerprint density at radius 2 is 1.97 bits per heavy atom. The maximum atomic E-state index is 11.4. The number of hydrogen-bond donors (Lipinski definition) is 0. The largest absolute Gasteiger partial charge is 0.316 e. The van der Waals surface area contributed by atoms with Crippen LogP contribution in [0.15, 0.2) is 64.5 Å². The van der Waals surface area contributed by atoms with E-state index in [0.717, 1.165) is 37.1 Å². The minimum Gasteiger partial charge on any atom is -0.316 e. The summed E-state index contributed by atoms with van der Waals surface area (Å²) >= 11 is 13.8. The second-order valence-electron chi connectivity index (χ2n) is 7.40. The predicted octanol–water partition coefficient (Wildman–Crippen LogP) is 7.55. The van der Waals surface area contributed by atoms with Gasteiger partial charge in [0.15, 0.2) is 4.80 Å². The zero-order valence-corrected chi connectivity index (χ0v) is 19.1. The van der Waals surface area contributed by atoms with Crippen LogP contribution in [0, 0.1) is 10.1 Å². The highest BCUT2D eigenvalue weighted by Gasteiger charge is 2.15. The molecule has 0 saturated heterocycles. The lowest BCUT2D eigenvalue weighted by atomic mass is 9.97. The molecule has 1 aliphatic carbocycles. The van der Waals surface area contributed by atoms with Gasteiger partial charge in [0.25, 0.3) is 5.69 Å². The van der Waals surface area contributed by atoms with Crippen LogP contribution in [0.3, 0.4) is 0 Å². The predicted molar refractivity (Wildman–Crippen MR) is 127 cm³/mol. The summed E-state index contributed by atoms with van der Waals surface area (Å²) in [7, 11) is 0. The summed E-state index contributed by atoms with van der Waals surface area (Å²) in [5.74, 6) is 0. The molecule has 0 radical (unpaired) electrons. The molecule has 1 heterocycles. The highest BCUT2D eigenvalue weighted by Crippen LogP contribution is 2.31. The minimum absolute atomic E-state index is 0.00599. The third-order valence-corrected chi connectivity index (χ3v) is 6.95. The van der Waals surface area contributed by atoms with E-state index >= 15 is 0 Å². The Balaban J connectivity index is 1.79. The van der Waals surface area contributed by atoms with E-state index in [0.29, 0.717) is 20.5 Å². The van der Waals surface area contributed by atoms with Gasteiger partial charge in [0.05, 0.1) is 20.7 Å². The SMILES string of the molecule is O=[N+]([O-])c1ccccc1N=c1scc(-c2ccc(Cl)c(Cl)c2)n1CCC1=CCCCC1. The maximum absolute atomic E-state index is 11.4. The fraction of sp³-hybridized carbons (Fsp3) is 0.261. The molecule has 160 valence electrons. The number of aromatic nitrogens is 1. The molecular formula is C23H21Cl2N3O2S. The molecule has 1 aromatic heterocycles. The van der Waals surface area contributed by atoms with Crippen molar-refractivity contribution in [3.63, 3.8) is 0 Å². The highest BCUT2D eigenvalue weighted by atomic mass is 35.5. The summed E-state index contributed by atoms with van der Waals surface area (Å²) in [5, 5.41) is 14.4. The van der Waals surface area contributed by atoms with Crippen LogP contribution in [0.4, 0.5) is 11.4 Å². The lowest BCUT2D eigenvalue weighted by molar-refractivity contribution is -0.384. The van der Waals surface area contributed by atoms with E-state index in [1.165, 1.54) is 35.8 Å². The van der Waals surface area contributed by atoms with Crippen LogP contribution in [0.5, 0.6) is 0 Å². The van der Waals surface area contributed by atoms with Gasteiger partial charge in [-0.15, -0.1) is 11.3 Å². The van der Waals surface area contributed by atoms with E-state index in [1.54, 1.807) is 24.3 Å². The van der Waals surface area contributed by atoms with Gasteiger partial charge in [0, 0.05) is 23.6 Å². The Kier molecular flexibility index (Phi) is 6.90. The Hall–Kier alpha value is -2.41. The molecule has 0 amide bonds. The van der Waals surface area contributed by atoms with Crippen molar-refractivity contribution in [3.8, 4) is 11.3 Å². The number of nitro benzene ring substituents is 1. The summed E-state index contributed by atoms with van der Waals surface area (Å²) in [6, 6.07) is 12.1. The van der Waals surface area contributed by atoms with E-state index in [4.69, 9.17) is 23.2 Å². The quantitative estimate of drug-likeness (QED) is 0.210. The van der Waals surface area contributed by atoms with Gasteiger partial charge >= 0.3 is 0 Å². The first-order chi connectivity index (χ1) is 15.0. The summed E-state index contributed by atoms with van der Waals surface area (Å²) in [6.07, 6.45) is 8.01. The average Bonchev–Trinajstić information content (AvgIpc) is 3.17. The zero-order chi connectivity index (χ0) is 21.8. The molecule has 0 saturated carbocycles. The van der Waals surface area contributed by atoms with Crippen LogP contribution < -0.4 is 4.80 Å². The second kappa shape index (κ2) is 9.81. The summed E-state index contributed by atoms with van der Waals surface area (Å²) in [6.45, 7) is 0.740. The van der Waals surface area contributed by atoms with Crippen molar-refractivity contribution in [1.82, 2.24) is 4.57 Å². The first-order valence-corrected chi connectivity index (χ1v) is 11.8. The van der Waals surface area contributed by atoms with Gasteiger partial charge in [-0.3, -0.25) is 10.1 Å². The normalized spacial score (nSPS) is 14.5. The third kappa shape index (κ3) is 5.09. The molecule has 0 atom stereocenters.